The maximum Gasteiger partial charge on any atom is 0.321 e. The molecule has 1 aromatic carbocycles. The molecule has 1 unspecified atom stereocenters. The number of nitrogens with one attached hydrogen (secondary N) is 1. The third-order valence-corrected chi connectivity index (χ3v) is 3.71. The van der Waals surface area contributed by atoms with Crippen molar-refractivity contribution in [1.82, 2.24) is 5.32 Å². The first-order chi connectivity index (χ1) is 10.9. The molecule has 0 radical (unpaired) electrons. The first kappa shape index (κ1) is 17.9. The number of carboxylic acids is 1. The fourth-order valence-corrected chi connectivity index (χ4v) is 2.41. The summed E-state index contributed by atoms with van der Waals surface area (Å²) in [6, 6.07) is 8.44. The molecule has 1 aliphatic heterocycles. The molecule has 1 aliphatic rings. The van der Waals surface area contributed by atoms with Gasteiger partial charge in [0.1, 0.15) is 12.3 Å². The number of aliphatic hydroxyl groups is 1. The van der Waals surface area contributed by atoms with Crippen LogP contribution in [0.25, 0.3) is 0 Å². The molecular weight excluding hydrogens is 298 g/mol. The summed E-state index contributed by atoms with van der Waals surface area (Å²) in [5.41, 5.74) is 0.859. The van der Waals surface area contributed by atoms with Crippen molar-refractivity contribution in [2.45, 2.75) is 45.2 Å². The third kappa shape index (κ3) is 5.91. The minimum atomic E-state index is -1.01. The molecule has 1 aromatic rings. The highest BCUT2D eigenvalue weighted by atomic mass is 16.7. The van der Waals surface area contributed by atoms with Crippen LogP contribution in [0.4, 0.5) is 0 Å². The van der Waals surface area contributed by atoms with Gasteiger partial charge in [0.05, 0.1) is 13.2 Å². The Balaban J connectivity index is 1.84. The molecular formula is C17H25NO5. The summed E-state index contributed by atoms with van der Waals surface area (Å²) in [5, 5.41) is 22.1. The van der Waals surface area contributed by atoms with Gasteiger partial charge >= 0.3 is 5.97 Å². The lowest BCUT2D eigenvalue weighted by Gasteiger charge is -2.35. The Kier molecular flexibility index (Phi) is 6.12. The minimum Gasteiger partial charge on any atom is -0.480 e. The second-order valence-electron chi connectivity index (χ2n) is 6.71. The van der Waals surface area contributed by atoms with E-state index in [0.717, 1.165) is 5.56 Å². The van der Waals surface area contributed by atoms with Crippen molar-refractivity contribution >= 4 is 5.97 Å². The summed E-state index contributed by atoms with van der Waals surface area (Å²) < 4.78 is 11.1. The van der Waals surface area contributed by atoms with Crippen LogP contribution in [0.5, 0.6) is 0 Å². The van der Waals surface area contributed by atoms with E-state index in [0.29, 0.717) is 19.6 Å². The molecule has 6 heteroatoms. The van der Waals surface area contributed by atoms with Crippen molar-refractivity contribution in [1.29, 1.82) is 0 Å². The van der Waals surface area contributed by atoms with E-state index in [4.69, 9.17) is 9.47 Å². The Hall–Kier alpha value is -1.47. The van der Waals surface area contributed by atoms with Gasteiger partial charge in [0.25, 0.3) is 0 Å². The molecule has 1 heterocycles. The Labute approximate surface area is 136 Å². The summed E-state index contributed by atoms with van der Waals surface area (Å²) in [6.45, 7) is 5.18. The number of carbonyl (C=O) groups is 1. The fourth-order valence-electron chi connectivity index (χ4n) is 2.41. The molecule has 6 nitrogen and oxygen atoms in total. The van der Waals surface area contributed by atoms with Crippen molar-refractivity contribution in [2.24, 2.45) is 5.41 Å². The van der Waals surface area contributed by atoms with Gasteiger partial charge in [-0.15, -0.1) is 0 Å². The van der Waals surface area contributed by atoms with E-state index in [1.54, 1.807) is 0 Å². The van der Waals surface area contributed by atoms with E-state index in [-0.39, 0.29) is 11.8 Å². The minimum absolute atomic E-state index is 0.0359. The van der Waals surface area contributed by atoms with Crippen LogP contribution in [-0.2, 0) is 20.7 Å². The fraction of sp³-hybridized carbons (Fsp3) is 0.588. The van der Waals surface area contributed by atoms with Gasteiger partial charge in [-0.05, 0) is 12.0 Å². The van der Waals surface area contributed by atoms with Gasteiger partial charge < -0.3 is 19.7 Å². The molecule has 1 fully saturated rings. The molecule has 0 spiro atoms. The Bertz CT molecular complexity index is 495. The quantitative estimate of drug-likeness (QED) is 0.657. The highest BCUT2D eigenvalue weighted by Gasteiger charge is 2.30. The number of ether oxygens (including phenoxy) is 2. The summed E-state index contributed by atoms with van der Waals surface area (Å²) in [6.07, 6.45) is -1.04. The van der Waals surface area contributed by atoms with Gasteiger partial charge in [-0.25, -0.2) is 0 Å². The molecule has 0 aliphatic carbocycles. The molecule has 1 saturated heterocycles. The SMILES string of the molecule is CC1(C)COC(CC(O)N[C@@H](Cc2ccccc2)C(=O)O)OC1. The molecule has 2 rings (SSSR count). The zero-order valence-electron chi connectivity index (χ0n) is 13.6. The van der Waals surface area contributed by atoms with Crippen LogP contribution < -0.4 is 5.32 Å². The van der Waals surface area contributed by atoms with Gasteiger partial charge in [-0.3, -0.25) is 10.1 Å². The monoisotopic (exact) mass is 323 g/mol. The van der Waals surface area contributed by atoms with E-state index < -0.39 is 24.5 Å². The van der Waals surface area contributed by atoms with E-state index in [2.05, 4.69) is 5.32 Å². The second kappa shape index (κ2) is 7.88. The van der Waals surface area contributed by atoms with Gasteiger partial charge in [0.2, 0.25) is 0 Å². The number of hydrogen-bond acceptors (Lipinski definition) is 5. The van der Waals surface area contributed by atoms with E-state index in [9.17, 15) is 15.0 Å². The van der Waals surface area contributed by atoms with Crippen molar-refractivity contribution in [3.63, 3.8) is 0 Å². The highest BCUT2D eigenvalue weighted by Crippen LogP contribution is 2.24. The number of aliphatic carboxylic acids is 1. The van der Waals surface area contributed by atoms with E-state index in [1.807, 2.05) is 44.2 Å². The number of rotatable bonds is 7. The second-order valence-corrected chi connectivity index (χ2v) is 6.71. The summed E-state index contributed by atoms with van der Waals surface area (Å²) in [7, 11) is 0. The maximum absolute atomic E-state index is 11.4. The Morgan fingerprint density at radius 3 is 2.48 bits per heavy atom. The molecule has 2 atom stereocenters. The lowest BCUT2D eigenvalue weighted by Crippen LogP contribution is -2.47. The molecule has 0 amide bonds. The molecule has 0 aromatic heterocycles. The van der Waals surface area contributed by atoms with Crippen LogP contribution >= 0.6 is 0 Å². The average molecular weight is 323 g/mol. The molecule has 0 saturated carbocycles. The van der Waals surface area contributed by atoms with Crippen molar-refractivity contribution in [3.05, 3.63) is 35.9 Å². The summed E-state index contributed by atoms with van der Waals surface area (Å²) in [5.74, 6) is -1.00. The smallest absolute Gasteiger partial charge is 0.321 e. The van der Waals surface area contributed by atoms with Gasteiger partial charge in [-0.1, -0.05) is 44.2 Å². The van der Waals surface area contributed by atoms with E-state index >= 15 is 0 Å². The predicted octanol–water partition coefficient (Wildman–Crippen LogP) is 1.38. The van der Waals surface area contributed by atoms with E-state index in [1.165, 1.54) is 0 Å². The summed E-state index contributed by atoms with van der Waals surface area (Å²) in [4.78, 5) is 11.4. The van der Waals surface area contributed by atoms with Crippen LogP contribution in [0.1, 0.15) is 25.8 Å². The van der Waals surface area contributed by atoms with Crippen LogP contribution in [0, 0.1) is 5.41 Å². The van der Waals surface area contributed by atoms with Gasteiger partial charge in [0, 0.05) is 11.8 Å². The first-order valence-electron chi connectivity index (χ1n) is 7.80. The molecule has 3 N–H and O–H groups in total. The summed E-state index contributed by atoms with van der Waals surface area (Å²) >= 11 is 0. The highest BCUT2D eigenvalue weighted by molar-refractivity contribution is 5.73. The van der Waals surface area contributed by atoms with Crippen molar-refractivity contribution < 1.29 is 24.5 Å². The van der Waals surface area contributed by atoms with Gasteiger partial charge in [-0.2, -0.15) is 0 Å². The molecule has 23 heavy (non-hydrogen) atoms. The Morgan fingerprint density at radius 1 is 1.30 bits per heavy atom. The standard InChI is InChI=1S/C17H25NO5/c1-17(2)10-22-15(23-11-17)9-14(19)18-13(16(20)21)8-12-6-4-3-5-7-12/h3-7,13-15,18-19H,8-11H2,1-2H3,(H,20,21)/t13-,14?/m0/s1. The molecule has 0 bridgehead atoms. The zero-order valence-corrected chi connectivity index (χ0v) is 13.6. The predicted molar refractivity (Wildman–Crippen MR) is 84.8 cm³/mol. The lowest BCUT2D eigenvalue weighted by atomic mass is 9.95. The Morgan fingerprint density at radius 2 is 1.91 bits per heavy atom. The maximum atomic E-state index is 11.4. The normalized spacial score (nSPS) is 20.8. The number of aliphatic hydroxyl groups excluding tert-OH is 1. The largest absolute Gasteiger partial charge is 0.480 e. The third-order valence-electron chi connectivity index (χ3n) is 3.71. The van der Waals surface area contributed by atoms with Crippen molar-refractivity contribution in [3.8, 4) is 0 Å². The first-order valence-corrected chi connectivity index (χ1v) is 7.80. The number of carboxylic acid groups (broad SMARTS) is 1. The van der Waals surface area contributed by atoms with Gasteiger partial charge in [0.15, 0.2) is 6.29 Å². The van der Waals surface area contributed by atoms with Crippen LogP contribution in [0.3, 0.4) is 0 Å². The topological polar surface area (TPSA) is 88.0 Å². The van der Waals surface area contributed by atoms with Crippen LogP contribution in [0.2, 0.25) is 0 Å². The van der Waals surface area contributed by atoms with Crippen molar-refractivity contribution in [2.75, 3.05) is 13.2 Å². The zero-order chi connectivity index (χ0) is 16.9. The lowest BCUT2D eigenvalue weighted by molar-refractivity contribution is -0.232. The number of hydrogen-bond donors (Lipinski definition) is 3. The molecule has 128 valence electrons. The number of benzene rings is 1. The van der Waals surface area contributed by atoms with Crippen LogP contribution in [-0.4, -0.2) is 48.0 Å². The van der Waals surface area contributed by atoms with Crippen LogP contribution in [0.15, 0.2) is 30.3 Å². The average Bonchev–Trinajstić information content (AvgIpc) is 2.50.